The Labute approximate surface area is 185 Å². The summed E-state index contributed by atoms with van der Waals surface area (Å²) >= 11 is 7.56. The number of ether oxygens (including phenoxy) is 1. The van der Waals surface area contributed by atoms with E-state index in [-0.39, 0.29) is 11.7 Å². The molecule has 8 heteroatoms. The van der Waals surface area contributed by atoms with E-state index in [1.165, 1.54) is 24.6 Å². The Morgan fingerprint density at radius 2 is 2.03 bits per heavy atom. The summed E-state index contributed by atoms with van der Waals surface area (Å²) in [6, 6.07) is 15.2. The first-order chi connectivity index (χ1) is 14.6. The quantitative estimate of drug-likeness (QED) is 0.490. The molecule has 1 N–H and O–H groups in total. The van der Waals surface area contributed by atoms with Gasteiger partial charge in [0.15, 0.2) is 11.0 Å². The molecule has 156 valence electrons. The van der Waals surface area contributed by atoms with Crippen LogP contribution in [0.5, 0.6) is 5.75 Å². The Morgan fingerprint density at radius 3 is 2.73 bits per heavy atom. The minimum Gasteiger partial charge on any atom is -0.494 e. The van der Waals surface area contributed by atoms with Crippen LogP contribution < -0.4 is 10.1 Å². The van der Waals surface area contributed by atoms with Gasteiger partial charge in [-0.25, -0.2) is 0 Å². The lowest BCUT2D eigenvalue weighted by molar-refractivity contribution is -0.118. The molecule has 0 spiro atoms. The van der Waals surface area contributed by atoms with Crippen molar-refractivity contribution < 1.29 is 9.53 Å². The van der Waals surface area contributed by atoms with Gasteiger partial charge in [0.2, 0.25) is 5.91 Å². The minimum atomic E-state index is 0.0115. The molecule has 4 rings (SSSR count). The molecule has 1 amide bonds. The first-order valence-electron chi connectivity index (χ1n) is 9.98. The summed E-state index contributed by atoms with van der Waals surface area (Å²) in [6.45, 7) is 3.32. The van der Waals surface area contributed by atoms with E-state index in [1.807, 2.05) is 60.0 Å². The maximum Gasteiger partial charge on any atom is 0.230 e. The van der Waals surface area contributed by atoms with E-state index in [4.69, 9.17) is 16.3 Å². The topological polar surface area (TPSA) is 69.0 Å². The van der Waals surface area contributed by atoms with Crippen molar-refractivity contribution in [3.63, 3.8) is 0 Å². The summed E-state index contributed by atoms with van der Waals surface area (Å²) < 4.78 is 7.50. The van der Waals surface area contributed by atoms with Crippen molar-refractivity contribution in [1.29, 1.82) is 0 Å². The van der Waals surface area contributed by atoms with Gasteiger partial charge in [0, 0.05) is 22.8 Å². The van der Waals surface area contributed by atoms with Crippen LogP contribution in [0.25, 0.3) is 17.1 Å². The number of aromatic nitrogens is 3. The van der Waals surface area contributed by atoms with Gasteiger partial charge in [-0.3, -0.25) is 9.36 Å². The Kier molecular flexibility index (Phi) is 6.59. The molecule has 0 unspecified atom stereocenters. The van der Waals surface area contributed by atoms with Crippen LogP contribution in [0.2, 0.25) is 5.02 Å². The second-order valence-corrected chi connectivity index (χ2v) is 8.49. The molecule has 0 aliphatic heterocycles. The van der Waals surface area contributed by atoms with E-state index in [2.05, 4.69) is 15.5 Å². The lowest BCUT2D eigenvalue weighted by atomic mass is 10.2. The average Bonchev–Trinajstić information content (AvgIpc) is 3.49. The van der Waals surface area contributed by atoms with E-state index in [0.717, 1.165) is 23.5 Å². The number of amides is 1. The first kappa shape index (κ1) is 20.8. The maximum atomic E-state index is 12.2. The van der Waals surface area contributed by atoms with Gasteiger partial charge in [0.25, 0.3) is 0 Å². The van der Waals surface area contributed by atoms with Crippen LogP contribution in [0.1, 0.15) is 19.8 Å². The lowest BCUT2D eigenvalue weighted by Crippen LogP contribution is -2.27. The number of thioether (sulfide) groups is 1. The highest BCUT2D eigenvalue weighted by Gasteiger charge is 2.22. The number of hydrogen-bond acceptors (Lipinski definition) is 5. The number of carbonyl (C=O) groups is 1. The van der Waals surface area contributed by atoms with Gasteiger partial charge >= 0.3 is 0 Å². The summed E-state index contributed by atoms with van der Waals surface area (Å²) in [4.78, 5) is 12.2. The third-order valence-corrected chi connectivity index (χ3v) is 5.90. The van der Waals surface area contributed by atoms with Crippen LogP contribution in [-0.2, 0) is 4.79 Å². The van der Waals surface area contributed by atoms with E-state index in [1.54, 1.807) is 0 Å². The van der Waals surface area contributed by atoms with Gasteiger partial charge in [-0.15, -0.1) is 10.2 Å². The van der Waals surface area contributed by atoms with Crippen molar-refractivity contribution >= 4 is 29.3 Å². The molecule has 6 nitrogen and oxygen atoms in total. The van der Waals surface area contributed by atoms with Crippen molar-refractivity contribution in [3.05, 3.63) is 53.6 Å². The fourth-order valence-corrected chi connectivity index (χ4v) is 4.00. The number of nitrogens with one attached hydrogen (secondary N) is 1. The van der Waals surface area contributed by atoms with Crippen molar-refractivity contribution in [2.24, 2.45) is 5.92 Å². The van der Waals surface area contributed by atoms with Crippen molar-refractivity contribution in [3.8, 4) is 22.8 Å². The minimum absolute atomic E-state index is 0.0115. The summed E-state index contributed by atoms with van der Waals surface area (Å²) in [6.07, 6.45) is 2.42. The molecule has 1 fully saturated rings. The highest BCUT2D eigenvalue weighted by atomic mass is 35.5. The van der Waals surface area contributed by atoms with Crippen LogP contribution >= 0.6 is 23.4 Å². The van der Waals surface area contributed by atoms with Crippen LogP contribution in [0.4, 0.5) is 0 Å². The normalized spacial score (nSPS) is 13.3. The lowest BCUT2D eigenvalue weighted by Gasteiger charge is -2.12. The summed E-state index contributed by atoms with van der Waals surface area (Å²) in [7, 11) is 0. The van der Waals surface area contributed by atoms with Crippen LogP contribution in [0.15, 0.2) is 53.7 Å². The molecule has 1 aliphatic rings. The molecule has 0 saturated heterocycles. The Morgan fingerprint density at radius 1 is 1.23 bits per heavy atom. The van der Waals surface area contributed by atoms with Gasteiger partial charge in [-0.05, 0) is 62.1 Å². The number of hydrogen-bond donors (Lipinski definition) is 1. The largest absolute Gasteiger partial charge is 0.494 e. The van der Waals surface area contributed by atoms with Crippen molar-refractivity contribution in [2.45, 2.75) is 24.9 Å². The smallest absolute Gasteiger partial charge is 0.230 e. The van der Waals surface area contributed by atoms with E-state index < -0.39 is 0 Å². The van der Waals surface area contributed by atoms with Crippen LogP contribution in [0.3, 0.4) is 0 Å². The highest BCUT2D eigenvalue weighted by molar-refractivity contribution is 7.99. The van der Waals surface area contributed by atoms with Crippen LogP contribution in [-0.4, -0.2) is 39.6 Å². The van der Waals surface area contributed by atoms with E-state index in [9.17, 15) is 4.79 Å². The van der Waals surface area contributed by atoms with Crippen molar-refractivity contribution in [2.75, 3.05) is 18.9 Å². The number of rotatable bonds is 9. The van der Waals surface area contributed by atoms with Gasteiger partial charge in [-0.2, -0.15) is 0 Å². The zero-order valence-corrected chi connectivity index (χ0v) is 18.2. The highest BCUT2D eigenvalue weighted by Crippen LogP contribution is 2.30. The number of nitrogens with zero attached hydrogens (tertiary/aromatic N) is 3. The van der Waals surface area contributed by atoms with Gasteiger partial charge in [0.1, 0.15) is 5.75 Å². The molecule has 1 aliphatic carbocycles. The summed E-state index contributed by atoms with van der Waals surface area (Å²) in [5.74, 6) is 2.42. The third kappa shape index (κ3) is 5.15. The second-order valence-electron chi connectivity index (χ2n) is 7.11. The fourth-order valence-electron chi connectivity index (χ4n) is 3.03. The molecule has 0 radical (unpaired) electrons. The van der Waals surface area contributed by atoms with Gasteiger partial charge < -0.3 is 10.1 Å². The van der Waals surface area contributed by atoms with Crippen LogP contribution in [0, 0.1) is 5.92 Å². The zero-order valence-electron chi connectivity index (χ0n) is 16.7. The standard InChI is InChI=1S/C22H23ClN4O2S/c1-2-29-19-10-8-18(9-11-19)27-21(16-4-3-5-17(23)12-16)25-26-22(27)30-14-20(28)24-13-15-6-7-15/h3-5,8-12,15H,2,6-7,13-14H2,1H3,(H,24,28). The van der Waals surface area contributed by atoms with Gasteiger partial charge in [-0.1, -0.05) is 35.5 Å². The monoisotopic (exact) mass is 442 g/mol. The summed E-state index contributed by atoms with van der Waals surface area (Å²) in [5.41, 5.74) is 1.74. The molecule has 30 heavy (non-hydrogen) atoms. The molecule has 0 bridgehead atoms. The Bertz CT molecular complexity index is 1020. The predicted molar refractivity (Wildman–Crippen MR) is 119 cm³/mol. The first-order valence-corrected chi connectivity index (χ1v) is 11.3. The predicted octanol–water partition coefficient (Wildman–Crippen LogP) is 4.60. The molecular formula is C22H23ClN4O2S. The third-order valence-electron chi connectivity index (χ3n) is 4.74. The Hall–Kier alpha value is -2.51. The average molecular weight is 443 g/mol. The van der Waals surface area contributed by atoms with E-state index in [0.29, 0.717) is 28.5 Å². The maximum absolute atomic E-state index is 12.2. The SMILES string of the molecule is CCOc1ccc(-n2c(SCC(=O)NCC3CC3)nnc2-c2cccc(Cl)c2)cc1. The molecule has 1 saturated carbocycles. The number of carbonyl (C=O) groups excluding carboxylic acids is 1. The molecular weight excluding hydrogens is 420 g/mol. The van der Waals surface area contributed by atoms with Gasteiger partial charge in [0.05, 0.1) is 12.4 Å². The molecule has 1 heterocycles. The second kappa shape index (κ2) is 9.53. The molecule has 1 aromatic heterocycles. The van der Waals surface area contributed by atoms with Crippen molar-refractivity contribution in [1.82, 2.24) is 20.1 Å². The summed E-state index contributed by atoms with van der Waals surface area (Å²) in [5, 5.41) is 13.0. The molecule has 0 atom stereocenters. The Balaban J connectivity index is 1.61. The zero-order chi connectivity index (χ0) is 20.9. The number of halogens is 1. The van der Waals surface area contributed by atoms with E-state index >= 15 is 0 Å². The number of benzene rings is 2. The molecule has 2 aromatic carbocycles. The fraction of sp³-hybridized carbons (Fsp3) is 0.318. The molecule has 3 aromatic rings.